The molecule has 0 atom stereocenters. The number of carbonyl (C=O) groups excluding carboxylic acids is 1. The third kappa shape index (κ3) is 4.89. The minimum atomic E-state index is -0.393. The van der Waals surface area contributed by atoms with Crippen molar-refractivity contribution in [1.29, 1.82) is 0 Å². The molecule has 1 amide bonds. The highest BCUT2D eigenvalue weighted by molar-refractivity contribution is 5.98. The fraction of sp³-hybridized carbons (Fsp3) is 0.0800. The van der Waals surface area contributed by atoms with Crippen LogP contribution in [0.4, 0.5) is 11.5 Å². The van der Waals surface area contributed by atoms with Gasteiger partial charge in [-0.05, 0) is 34.9 Å². The molecular weight excluding hydrogens is 372 g/mol. The predicted octanol–water partition coefficient (Wildman–Crippen LogP) is 4.86. The molecule has 2 N–H and O–H groups in total. The largest absolute Gasteiger partial charge is 0.366 e. The lowest BCUT2D eigenvalue weighted by Gasteiger charge is -2.18. The quantitative estimate of drug-likeness (QED) is 0.470. The van der Waals surface area contributed by atoms with Crippen LogP contribution in [0.25, 0.3) is 0 Å². The van der Waals surface area contributed by atoms with Crippen molar-refractivity contribution < 1.29 is 4.79 Å². The number of rotatable bonds is 7. The number of pyridine rings is 2. The minimum absolute atomic E-state index is 0.0923. The normalized spacial score (nSPS) is 10.6. The van der Waals surface area contributed by atoms with Crippen molar-refractivity contribution in [1.82, 2.24) is 9.97 Å². The van der Waals surface area contributed by atoms with Gasteiger partial charge >= 0.3 is 0 Å². The molecule has 30 heavy (non-hydrogen) atoms. The van der Waals surface area contributed by atoms with Crippen LogP contribution in [-0.2, 0) is 11.3 Å². The standard InChI is InChI=1S/C25H22N4O/c30-25(24(20-9-3-1-4-10-20)21-11-5-2-6-12-21)29-22-13-14-23(28-18-22)27-17-19-8-7-15-26-16-19/h1-16,18,24H,17H2,(H,27,28)(H,29,30). The summed E-state index contributed by atoms with van der Waals surface area (Å²) in [6.45, 7) is 0.636. The van der Waals surface area contributed by atoms with Crippen molar-refractivity contribution in [2.75, 3.05) is 10.6 Å². The lowest BCUT2D eigenvalue weighted by Crippen LogP contribution is -2.22. The molecule has 0 unspecified atom stereocenters. The van der Waals surface area contributed by atoms with Gasteiger partial charge in [0.2, 0.25) is 5.91 Å². The van der Waals surface area contributed by atoms with E-state index in [4.69, 9.17) is 0 Å². The Kier molecular flexibility index (Phi) is 6.11. The van der Waals surface area contributed by atoms with Crippen LogP contribution in [0.5, 0.6) is 0 Å². The highest BCUT2D eigenvalue weighted by atomic mass is 16.1. The minimum Gasteiger partial charge on any atom is -0.366 e. The molecular formula is C25H22N4O. The van der Waals surface area contributed by atoms with E-state index in [2.05, 4.69) is 20.6 Å². The Balaban J connectivity index is 1.46. The van der Waals surface area contributed by atoms with Gasteiger partial charge in [-0.1, -0.05) is 66.7 Å². The van der Waals surface area contributed by atoms with E-state index in [1.165, 1.54) is 0 Å². The van der Waals surface area contributed by atoms with Crippen molar-refractivity contribution in [3.05, 3.63) is 120 Å². The Morgan fingerprint density at radius 2 is 1.50 bits per heavy atom. The number of anilines is 2. The maximum Gasteiger partial charge on any atom is 0.236 e. The summed E-state index contributed by atoms with van der Waals surface area (Å²) in [6, 6.07) is 27.2. The molecule has 148 valence electrons. The summed E-state index contributed by atoms with van der Waals surface area (Å²) in [6.07, 6.45) is 5.22. The van der Waals surface area contributed by atoms with E-state index < -0.39 is 5.92 Å². The second-order valence-electron chi connectivity index (χ2n) is 6.89. The van der Waals surface area contributed by atoms with Crippen LogP contribution < -0.4 is 10.6 Å². The molecule has 0 aliphatic rings. The molecule has 0 saturated carbocycles. The van der Waals surface area contributed by atoms with E-state index in [1.54, 1.807) is 12.4 Å². The van der Waals surface area contributed by atoms with Gasteiger partial charge in [0.1, 0.15) is 5.82 Å². The van der Waals surface area contributed by atoms with Gasteiger partial charge in [-0.3, -0.25) is 9.78 Å². The Morgan fingerprint density at radius 3 is 2.07 bits per heavy atom. The monoisotopic (exact) mass is 394 g/mol. The zero-order valence-corrected chi connectivity index (χ0v) is 16.4. The number of hydrogen-bond acceptors (Lipinski definition) is 4. The summed E-state index contributed by atoms with van der Waals surface area (Å²) in [7, 11) is 0. The topological polar surface area (TPSA) is 66.9 Å². The van der Waals surface area contributed by atoms with Crippen molar-refractivity contribution in [3.63, 3.8) is 0 Å². The predicted molar refractivity (Wildman–Crippen MR) is 119 cm³/mol. The molecule has 0 bridgehead atoms. The number of nitrogens with one attached hydrogen (secondary N) is 2. The fourth-order valence-electron chi connectivity index (χ4n) is 3.27. The third-order valence-corrected chi connectivity index (χ3v) is 4.76. The lowest BCUT2D eigenvalue weighted by molar-refractivity contribution is -0.116. The first kappa shape index (κ1) is 19.3. The van der Waals surface area contributed by atoms with E-state index in [-0.39, 0.29) is 5.91 Å². The molecule has 2 heterocycles. The van der Waals surface area contributed by atoms with Gasteiger partial charge in [0.25, 0.3) is 0 Å². The summed E-state index contributed by atoms with van der Waals surface area (Å²) in [5.74, 6) is 0.251. The SMILES string of the molecule is O=C(Nc1ccc(NCc2cccnc2)nc1)C(c1ccccc1)c1ccccc1. The van der Waals surface area contributed by atoms with Gasteiger partial charge in [0.15, 0.2) is 0 Å². The first-order chi connectivity index (χ1) is 14.8. The molecule has 0 fully saturated rings. The average molecular weight is 394 g/mol. The van der Waals surface area contributed by atoms with Crippen LogP contribution in [0.1, 0.15) is 22.6 Å². The maximum absolute atomic E-state index is 13.1. The number of carbonyl (C=O) groups is 1. The molecule has 2 aromatic heterocycles. The van der Waals surface area contributed by atoms with Gasteiger partial charge in [-0.25, -0.2) is 4.98 Å². The lowest BCUT2D eigenvalue weighted by atomic mass is 9.90. The Labute approximate surface area is 175 Å². The maximum atomic E-state index is 13.1. The molecule has 5 nitrogen and oxygen atoms in total. The molecule has 5 heteroatoms. The number of aromatic nitrogens is 2. The summed E-state index contributed by atoms with van der Waals surface area (Å²) in [5.41, 5.74) is 3.63. The number of nitrogens with zero attached hydrogens (tertiary/aromatic N) is 2. The Hall–Kier alpha value is -3.99. The Bertz CT molecular complexity index is 1030. The van der Waals surface area contributed by atoms with Crippen LogP contribution in [0, 0.1) is 0 Å². The zero-order valence-electron chi connectivity index (χ0n) is 16.4. The van der Waals surface area contributed by atoms with Crippen molar-refractivity contribution >= 4 is 17.4 Å². The van der Waals surface area contributed by atoms with E-state index in [0.29, 0.717) is 12.2 Å². The smallest absolute Gasteiger partial charge is 0.236 e. The highest BCUT2D eigenvalue weighted by Crippen LogP contribution is 2.26. The molecule has 4 rings (SSSR count). The van der Waals surface area contributed by atoms with Gasteiger partial charge in [0, 0.05) is 18.9 Å². The zero-order chi connectivity index (χ0) is 20.6. The molecule has 0 saturated heterocycles. The van der Waals surface area contributed by atoms with Crippen LogP contribution in [0.3, 0.4) is 0 Å². The molecule has 0 spiro atoms. The highest BCUT2D eigenvalue weighted by Gasteiger charge is 2.22. The number of benzene rings is 2. The van der Waals surface area contributed by atoms with Crippen molar-refractivity contribution in [2.45, 2.75) is 12.5 Å². The summed E-state index contributed by atoms with van der Waals surface area (Å²) >= 11 is 0. The van der Waals surface area contributed by atoms with Crippen LogP contribution >= 0.6 is 0 Å². The first-order valence-corrected chi connectivity index (χ1v) is 9.79. The molecule has 0 aliphatic carbocycles. The second kappa shape index (κ2) is 9.47. The van der Waals surface area contributed by atoms with E-state index in [1.807, 2.05) is 91.1 Å². The Morgan fingerprint density at radius 1 is 0.800 bits per heavy atom. The fourth-order valence-corrected chi connectivity index (χ4v) is 3.27. The van der Waals surface area contributed by atoms with Crippen LogP contribution in [0.2, 0.25) is 0 Å². The van der Waals surface area contributed by atoms with Crippen LogP contribution in [-0.4, -0.2) is 15.9 Å². The number of amides is 1. The van der Waals surface area contributed by atoms with E-state index >= 15 is 0 Å². The molecule has 0 aliphatic heterocycles. The second-order valence-corrected chi connectivity index (χ2v) is 6.89. The number of hydrogen-bond donors (Lipinski definition) is 2. The summed E-state index contributed by atoms with van der Waals surface area (Å²) in [5, 5.41) is 6.25. The molecule has 4 aromatic rings. The van der Waals surface area contributed by atoms with Gasteiger partial charge < -0.3 is 10.6 Å². The first-order valence-electron chi connectivity index (χ1n) is 9.79. The van der Waals surface area contributed by atoms with Crippen molar-refractivity contribution in [2.24, 2.45) is 0 Å². The summed E-state index contributed by atoms with van der Waals surface area (Å²) < 4.78 is 0. The third-order valence-electron chi connectivity index (χ3n) is 4.76. The van der Waals surface area contributed by atoms with E-state index in [9.17, 15) is 4.79 Å². The molecule has 0 radical (unpaired) electrons. The van der Waals surface area contributed by atoms with E-state index in [0.717, 1.165) is 22.5 Å². The van der Waals surface area contributed by atoms with Gasteiger partial charge in [-0.15, -0.1) is 0 Å². The summed E-state index contributed by atoms with van der Waals surface area (Å²) in [4.78, 5) is 21.7. The molecule has 2 aromatic carbocycles. The van der Waals surface area contributed by atoms with Gasteiger partial charge in [-0.2, -0.15) is 0 Å². The van der Waals surface area contributed by atoms with Crippen LogP contribution in [0.15, 0.2) is 104 Å². The average Bonchev–Trinajstić information content (AvgIpc) is 2.81. The van der Waals surface area contributed by atoms with Gasteiger partial charge in [0.05, 0.1) is 17.8 Å². The van der Waals surface area contributed by atoms with Crippen molar-refractivity contribution in [3.8, 4) is 0 Å².